The molecule has 0 amide bonds. The predicted octanol–water partition coefficient (Wildman–Crippen LogP) is 2.05. The Balaban J connectivity index is 1.99. The Bertz CT molecular complexity index is 356. The summed E-state index contributed by atoms with van der Waals surface area (Å²) in [7, 11) is 0. The van der Waals surface area contributed by atoms with Crippen molar-refractivity contribution in [3.63, 3.8) is 0 Å². The zero-order chi connectivity index (χ0) is 11.5. The second-order valence-corrected chi connectivity index (χ2v) is 4.98. The van der Waals surface area contributed by atoms with Gasteiger partial charge in [-0.25, -0.2) is 4.98 Å². The summed E-state index contributed by atoms with van der Waals surface area (Å²) >= 11 is 5.87. The van der Waals surface area contributed by atoms with Gasteiger partial charge in [0.05, 0.1) is 0 Å². The fourth-order valence-electron chi connectivity index (χ4n) is 2.27. The highest BCUT2D eigenvalue weighted by molar-refractivity contribution is 6.29. The Morgan fingerprint density at radius 2 is 2.44 bits per heavy atom. The molecule has 1 aromatic rings. The van der Waals surface area contributed by atoms with E-state index in [1.807, 2.05) is 12.1 Å². The van der Waals surface area contributed by atoms with Crippen LogP contribution in [0.2, 0.25) is 5.15 Å². The summed E-state index contributed by atoms with van der Waals surface area (Å²) in [5.41, 5.74) is 7.17. The van der Waals surface area contributed by atoms with E-state index in [1.165, 1.54) is 5.56 Å². The zero-order valence-corrected chi connectivity index (χ0v) is 10.3. The van der Waals surface area contributed by atoms with Crippen LogP contribution in [-0.2, 0) is 6.54 Å². The maximum Gasteiger partial charge on any atom is 0.129 e. The first kappa shape index (κ1) is 11.8. The second kappa shape index (κ2) is 5.13. The summed E-state index contributed by atoms with van der Waals surface area (Å²) in [6.07, 6.45) is 3.93. The van der Waals surface area contributed by atoms with Crippen LogP contribution in [0.25, 0.3) is 0 Å². The molecule has 0 bridgehead atoms. The van der Waals surface area contributed by atoms with Gasteiger partial charge in [-0.2, -0.15) is 0 Å². The van der Waals surface area contributed by atoms with Gasteiger partial charge in [0.2, 0.25) is 0 Å². The van der Waals surface area contributed by atoms with Gasteiger partial charge in [-0.15, -0.1) is 0 Å². The number of halogens is 1. The third kappa shape index (κ3) is 2.94. The van der Waals surface area contributed by atoms with Gasteiger partial charge < -0.3 is 5.73 Å². The number of piperidine rings is 1. The van der Waals surface area contributed by atoms with Crippen molar-refractivity contribution in [2.45, 2.75) is 38.4 Å². The first-order valence-corrected chi connectivity index (χ1v) is 6.13. The van der Waals surface area contributed by atoms with Crippen molar-refractivity contribution in [3.8, 4) is 0 Å². The fraction of sp³-hybridized carbons (Fsp3) is 0.583. The van der Waals surface area contributed by atoms with E-state index in [9.17, 15) is 0 Å². The highest BCUT2D eigenvalue weighted by Gasteiger charge is 2.22. The number of hydrogen-bond acceptors (Lipinski definition) is 3. The van der Waals surface area contributed by atoms with Gasteiger partial charge in [-0.3, -0.25) is 4.90 Å². The summed E-state index contributed by atoms with van der Waals surface area (Å²) in [5, 5.41) is 0.568. The summed E-state index contributed by atoms with van der Waals surface area (Å²) in [4.78, 5) is 6.44. The van der Waals surface area contributed by atoms with Crippen LogP contribution in [0.1, 0.15) is 25.3 Å². The SMILES string of the molecule is CC1CC(N)CCN1Cc1ccnc(Cl)c1. The molecule has 2 atom stereocenters. The van der Waals surface area contributed by atoms with E-state index in [1.54, 1.807) is 6.20 Å². The van der Waals surface area contributed by atoms with Crippen molar-refractivity contribution in [2.24, 2.45) is 5.73 Å². The minimum atomic E-state index is 0.368. The van der Waals surface area contributed by atoms with Crippen LogP contribution in [0.5, 0.6) is 0 Å². The van der Waals surface area contributed by atoms with E-state index in [0.29, 0.717) is 17.2 Å². The number of aromatic nitrogens is 1. The summed E-state index contributed by atoms with van der Waals surface area (Å²) in [6.45, 7) is 4.25. The minimum Gasteiger partial charge on any atom is -0.328 e. The van der Waals surface area contributed by atoms with E-state index < -0.39 is 0 Å². The lowest BCUT2D eigenvalue weighted by molar-refractivity contribution is 0.140. The Kier molecular flexibility index (Phi) is 3.79. The van der Waals surface area contributed by atoms with Crippen LogP contribution in [0.3, 0.4) is 0 Å². The molecule has 0 aliphatic carbocycles. The first-order valence-electron chi connectivity index (χ1n) is 5.75. The maximum atomic E-state index is 5.95. The van der Waals surface area contributed by atoms with Crippen LogP contribution < -0.4 is 5.73 Å². The third-order valence-electron chi connectivity index (χ3n) is 3.23. The van der Waals surface area contributed by atoms with E-state index in [4.69, 9.17) is 17.3 Å². The number of rotatable bonds is 2. The van der Waals surface area contributed by atoms with Crippen molar-refractivity contribution in [2.75, 3.05) is 6.54 Å². The van der Waals surface area contributed by atoms with Gasteiger partial charge in [0.15, 0.2) is 0 Å². The normalized spacial score (nSPS) is 26.9. The molecule has 3 nitrogen and oxygen atoms in total. The smallest absolute Gasteiger partial charge is 0.129 e. The average molecular weight is 240 g/mol. The monoisotopic (exact) mass is 239 g/mol. The number of nitrogens with two attached hydrogens (primary N) is 1. The molecule has 4 heteroatoms. The molecule has 2 unspecified atom stereocenters. The topological polar surface area (TPSA) is 42.1 Å². The second-order valence-electron chi connectivity index (χ2n) is 4.59. The Morgan fingerprint density at radius 1 is 1.62 bits per heavy atom. The van der Waals surface area contributed by atoms with Crippen LogP contribution in [0, 0.1) is 0 Å². The molecule has 1 aliphatic heterocycles. The Morgan fingerprint density at radius 3 is 3.12 bits per heavy atom. The van der Waals surface area contributed by atoms with E-state index >= 15 is 0 Å². The van der Waals surface area contributed by atoms with Gasteiger partial charge in [-0.05, 0) is 37.5 Å². The molecule has 2 rings (SSSR count). The molecule has 2 N–H and O–H groups in total. The molecular weight excluding hydrogens is 222 g/mol. The van der Waals surface area contributed by atoms with Crippen molar-refractivity contribution in [1.29, 1.82) is 0 Å². The van der Waals surface area contributed by atoms with Crippen molar-refractivity contribution >= 4 is 11.6 Å². The average Bonchev–Trinajstić information content (AvgIpc) is 2.22. The van der Waals surface area contributed by atoms with Crippen LogP contribution >= 0.6 is 11.6 Å². The molecule has 0 saturated carbocycles. The molecule has 16 heavy (non-hydrogen) atoms. The first-order chi connectivity index (χ1) is 7.65. The zero-order valence-electron chi connectivity index (χ0n) is 9.56. The highest BCUT2D eigenvalue weighted by atomic mass is 35.5. The number of likely N-dealkylation sites (tertiary alicyclic amines) is 1. The van der Waals surface area contributed by atoms with Gasteiger partial charge >= 0.3 is 0 Å². The van der Waals surface area contributed by atoms with Crippen LogP contribution in [0.15, 0.2) is 18.3 Å². The number of nitrogens with zero attached hydrogens (tertiary/aromatic N) is 2. The van der Waals surface area contributed by atoms with Crippen molar-refractivity contribution in [1.82, 2.24) is 9.88 Å². The Hall–Kier alpha value is -0.640. The van der Waals surface area contributed by atoms with Gasteiger partial charge in [-0.1, -0.05) is 11.6 Å². The number of hydrogen-bond donors (Lipinski definition) is 1. The molecule has 88 valence electrons. The summed E-state index contributed by atoms with van der Waals surface area (Å²) in [5.74, 6) is 0. The number of pyridine rings is 1. The maximum absolute atomic E-state index is 5.95. The molecule has 2 heterocycles. The fourth-order valence-corrected chi connectivity index (χ4v) is 2.46. The molecule has 0 aromatic carbocycles. The Labute approximate surface area is 102 Å². The molecule has 1 aromatic heterocycles. The molecule has 1 aliphatic rings. The van der Waals surface area contributed by atoms with Gasteiger partial charge in [0, 0.05) is 31.4 Å². The molecular formula is C12H18ClN3. The molecule has 1 saturated heterocycles. The highest BCUT2D eigenvalue weighted by Crippen LogP contribution is 2.19. The predicted molar refractivity (Wildman–Crippen MR) is 66.3 cm³/mol. The summed E-state index contributed by atoms with van der Waals surface area (Å²) in [6, 6.07) is 4.87. The largest absolute Gasteiger partial charge is 0.328 e. The van der Waals surface area contributed by atoms with Crippen molar-refractivity contribution in [3.05, 3.63) is 29.0 Å². The van der Waals surface area contributed by atoms with Crippen LogP contribution in [-0.4, -0.2) is 28.5 Å². The lowest BCUT2D eigenvalue weighted by atomic mass is 9.98. The van der Waals surface area contributed by atoms with Gasteiger partial charge in [0.1, 0.15) is 5.15 Å². The lowest BCUT2D eigenvalue weighted by Gasteiger charge is -2.36. The minimum absolute atomic E-state index is 0.368. The van der Waals surface area contributed by atoms with Crippen molar-refractivity contribution < 1.29 is 0 Å². The van der Waals surface area contributed by atoms with Gasteiger partial charge in [0.25, 0.3) is 0 Å². The third-order valence-corrected chi connectivity index (χ3v) is 3.44. The summed E-state index contributed by atoms with van der Waals surface area (Å²) < 4.78 is 0. The van der Waals surface area contributed by atoms with E-state index in [0.717, 1.165) is 25.9 Å². The molecule has 0 spiro atoms. The van der Waals surface area contributed by atoms with E-state index in [-0.39, 0.29) is 0 Å². The standard InChI is InChI=1S/C12H18ClN3/c1-9-6-11(14)3-5-16(9)8-10-2-4-15-12(13)7-10/h2,4,7,9,11H,3,5-6,8,14H2,1H3. The molecule has 1 fully saturated rings. The quantitative estimate of drug-likeness (QED) is 0.804. The van der Waals surface area contributed by atoms with Crippen LogP contribution in [0.4, 0.5) is 0 Å². The lowest BCUT2D eigenvalue weighted by Crippen LogP contribution is -2.44. The van der Waals surface area contributed by atoms with E-state index in [2.05, 4.69) is 16.8 Å². The molecule has 0 radical (unpaired) electrons.